The number of carbonyl (C=O) groups excluding carboxylic acids is 1. The SMILES string of the molecule is O=C(Nc1ccc(Cl)c(Cl)c1)OCC1CNCCO1. The minimum Gasteiger partial charge on any atom is -0.446 e. The highest BCUT2D eigenvalue weighted by atomic mass is 35.5. The Hall–Kier alpha value is -1.01. The molecule has 0 bridgehead atoms. The Kier molecular flexibility index (Phi) is 5.27. The highest BCUT2D eigenvalue weighted by Crippen LogP contribution is 2.25. The Bertz CT molecular complexity index is 451. The van der Waals surface area contributed by atoms with Gasteiger partial charge in [-0.25, -0.2) is 4.79 Å². The number of benzene rings is 1. The lowest BCUT2D eigenvalue weighted by atomic mass is 10.3. The molecule has 1 saturated heterocycles. The lowest BCUT2D eigenvalue weighted by molar-refractivity contribution is -0.00984. The van der Waals surface area contributed by atoms with Crippen molar-refractivity contribution in [3.63, 3.8) is 0 Å². The van der Waals surface area contributed by atoms with Gasteiger partial charge in [0.05, 0.1) is 16.7 Å². The third-order valence-corrected chi connectivity index (χ3v) is 3.31. The molecule has 104 valence electrons. The number of hydrogen-bond donors (Lipinski definition) is 2. The van der Waals surface area contributed by atoms with Crippen LogP contribution in [0.25, 0.3) is 0 Å². The van der Waals surface area contributed by atoms with Crippen molar-refractivity contribution in [3.05, 3.63) is 28.2 Å². The van der Waals surface area contributed by atoms with Crippen molar-refractivity contribution in [2.75, 3.05) is 31.6 Å². The van der Waals surface area contributed by atoms with Gasteiger partial charge in [0, 0.05) is 18.8 Å². The summed E-state index contributed by atoms with van der Waals surface area (Å²) in [6, 6.07) is 4.81. The van der Waals surface area contributed by atoms with E-state index in [1.54, 1.807) is 18.2 Å². The largest absolute Gasteiger partial charge is 0.446 e. The molecule has 2 N–H and O–H groups in total. The van der Waals surface area contributed by atoms with Crippen LogP contribution in [0.1, 0.15) is 0 Å². The number of carbonyl (C=O) groups is 1. The van der Waals surface area contributed by atoms with Crippen molar-refractivity contribution >= 4 is 35.0 Å². The second-order valence-corrected chi connectivity index (χ2v) is 4.86. The van der Waals surface area contributed by atoms with Gasteiger partial charge in [0.2, 0.25) is 0 Å². The molecular formula is C12H14Cl2N2O3. The van der Waals surface area contributed by atoms with Gasteiger partial charge in [-0.2, -0.15) is 0 Å². The summed E-state index contributed by atoms with van der Waals surface area (Å²) < 4.78 is 10.5. The Morgan fingerprint density at radius 1 is 1.47 bits per heavy atom. The molecule has 1 unspecified atom stereocenters. The lowest BCUT2D eigenvalue weighted by Crippen LogP contribution is -2.41. The summed E-state index contributed by atoms with van der Waals surface area (Å²) in [6.07, 6.45) is -0.652. The maximum Gasteiger partial charge on any atom is 0.411 e. The predicted molar refractivity (Wildman–Crippen MR) is 74.0 cm³/mol. The van der Waals surface area contributed by atoms with E-state index in [4.69, 9.17) is 32.7 Å². The number of hydrogen-bond acceptors (Lipinski definition) is 4. The molecule has 0 spiro atoms. The summed E-state index contributed by atoms with van der Waals surface area (Å²) in [5, 5.41) is 6.53. The molecule has 1 aliphatic heterocycles. The van der Waals surface area contributed by atoms with Gasteiger partial charge in [0.25, 0.3) is 0 Å². The van der Waals surface area contributed by atoms with E-state index in [0.29, 0.717) is 28.9 Å². The molecule has 1 amide bonds. The van der Waals surface area contributed by atoms with Crippen LogP contribution in [0.5, 0.6) is 0 Å². The predicted octanol–water partition coefficient (Wildman–Crippen LogP) is 2.53. The Morgan fingerprint density at radius 2 is 2.32 bits per heavy atom. The van der Waals surface area contributed by atoms with E-state index in [9.17, 15) is 4.79 Å². The number of ether oxygens (including phenoxy) is 2. The number of rotatable bonds is 3. The molecule has 1 aromatic carbocycles. The Morgan fingerprint density at radius 3 is 3.00 bits per heavy atom. The van der Waals surface area contributed by atoms with Crippen LogP contribution < -0.4 is 10.6 Å². The van der Waals surface area contributed by atoms with Crippen molar-refractivity contribution in [1.29, 1.82) is 0 Å². The lowest BCUT2D eigenvalue weighted by Gasteiger charge is -2.23. The van der Waals surface area contributed by atoms with Crippen molar-refractivity contribution < 1.29 is 14.3 Å². The van der Waals surface area contributed by atoms with Gasteiger partial charge in [-0.15, -0.1) is 0 Å². The van der Waals surface area contributed by atoms with Crippen molar-refractivity contribution in [3.8, 4) is 0 Å². The molecule has 2 rings (SSSR count). The molecule has 0 aromatic heterocycles. The molecule has 0 radical (unpaired) electrons. The van der Waals surface area contributed by atoms with Gasteiger partial charge in [-0.1, -0.05) is 23.2 Å². The van der Waals surface area contributed by atoms with E-state index in [-0.39, 0.29) is 12.7 Å². The summed E-state index contributed by atoms with van der Waals surface area (Å²) in [5.41, 5.74) is 0.530. The molecule has 1 aliphatic rings. The maximum atomic E-state index is 11.6. The van der Waals surface area contributed by atoms with Crippen LogP contribution in [0, 0.1) is 0 Å². The number of anilines is 1. The van der Waals surface area contributed by atoms with Gasteiger partial charge < -0.3 is 14.8 Å². The fraction of sp³-hybridized carbons (Fsp3) is 0.417. The van der Waals surface area contributed by atoms with E-state index in [0.717, 1.165) is 6.54 Å². The molecular weight excluding hydrogens is 291 g/mol. The smallest absolute Gasteiger partial charge is 0.411 e. The van der Waals surface area contributed by atoms with Crippen LogP contribution in [0.2, 0.25) is 10.0 Å². The molecule has 0 aliphatic carbocycles. The molecule has 0 saturated carbocycles. The van der Waals surface area contributed by atoms with Gasteiger partial charge in [0.1, 0.15) is 12.7 Å². The van der Waals surface area contributed by atoms with E-state index in [2.05, 4.69) is 10.6 Å². The highest BCUT2D eigenvalue weighted by molar-refractivity contribution is 6.42. The summed E-state index contributed by atoms with van der Waals surface area (Å²) in [4.78, 5) is 11.6. The first-order valence-electron chi connectivity index (χ1n) is 5.86. The zero-order valence-electron chi connectivity index (χ0n) is 10.1. The van der Waals surface area contributed by atoms with Crippen LogP contribution in [0.3, 0.4) is 0 Å². The number of halogens is 2. The summed E-state index contributed by atoms with van der Waals surface area (Å²) in [5.74, 6) is 0. The molecule has 19 heavy (non-hydrogen) atoms. The minimum absolute atomic E-state index is 0.103. The number of nitrogens with one attached hydrogen (secondary N) is 2. The second kappa shape index (κ2) is 6.96. The Balaban J connectivity index is 1.78. The minimum atomic E-state index is -0.549. The molecule has 1 heterocycles. The van der Waals surface area contributed by atoms with Crippen LogP contribution >= 0.6 is 23.2 Å². The quantitative estimate of drug-likeness (QED) is 0.901. The monoisotopic (exact) mass is 304 g/mol. The molecule has 7 heteroatoms. The van der Waals surface area contributed by atoms with Crippen LogP contribution in [-0.2, 0) is 9.47 Å². The zero-order valence-corrected chi connectivity index (χ0v) is 11.6. The zero-order chi connectivity index (χ0) is 13.7. The number of morpholine rings is 1. The van der Waals surface area contributed by atoms with E-state index >= 15 is 0 Å². The summed E-state index contributed by atoms with van der Waals surface area (Å²) in [7, 11) is 0. The molecule has 1 fully saturated rings. The maximum absolute atomic E-state index is 11.6. The standard InChI is InChI=1S/C12H14Cl2N2O3/c13-10-2-1-8(5-11(10)14)16-12(17)19-7-9-6-15-3-4-18-9/h1-2,5,9,15H,3-4,6-7H2,(H,16,17). The average molecular weight is 305 g/mol. The first kappa shape index (κ1) is 14.4. The van der Waals surface area contributed by atoms with Crippen molar-refractivity contribution in [1.82, 2.24) is 5.32 Å². The normalized spacial score (nSPS) is 18.9. The third-order valence-electron chi connectivity index (χ3n) is 2.57. The molecule has 1 atom stereocenters. The number of amides is 1. The van der Waals surface area contributed by atoms with Gasteiger partial charge in [0.15, 0.2) is 0 Å². The van der Waals surface area contributed by atoms with Gasteiger partial charge in [-0.05, 0) is 18.2 Å². The van der Waals surface area contributed by atoms with Crippen LogP contribution in [-0.4, -0.2) is 38.5 Å². The van der Waals surface area contributed by atoms with E-state index in [1.165, 1.54) is 0 Å². The van der Waals surface area contributed by atoms with Crippen LogP contribution in [0.4, 0.5) is 10.5 Å². The molecule has 5 nitrogen and oxygen atoms in total. The average Bonchev–Trinajstić information content (AvgIpc) is 2.42. The second-order valence-electron chi connectivity index (χ2n) is 4.05. The first-order valence-corrected chi connectivity index (χ1v) is 6.62. The fourth-order valence-corrected chi connectivity index (χ4v) is 1.92. The van der Waals surface area contributed by atoms with Crippen LogP contribution in [0.15, 0.2) is 18.2 Å². The summed E-state index contributed by atoms with van der Waals surface area (Å²) in [6.45, 7) is 2.34. The Labute approximate surface area is 121 Å². The third kappa shape index (κ3) is 4.54. The van der Waals surface area contributed by atoms with E-state index in [1.807, 2.05) is 0 Å². The van der Waals surface area contributed by atoms with Gasteiger partial charge in [-0.3, -0.25) is 5.32 Å². The highest BCUT2D eigenvalue weighted by Gasteiger charge is 2.15. The van der Waals surface area contributed by atoms with E-state index < -0.39 is 6.09 Å². The van der Waals surface area contributed by atoms with Crippen molar-refractivity contribution in [2.45, 2.75) is 6.10 Å². The fourth-order valence-electron chi connectivity index (χ4n) is 1.62. The first-order chi connectivity index (χ1) is 9.15. The van der Waals surface area contributed by atoms with Crippen molar-refractivity contribution in [2.24, 2.45) is 0 Å². The summed E-state index contributed by atoms with van der Waals surface area (Å²) >= 11 is 11.6. The molecule has 1 aromatic rings. The van der Waals surface area contributed by atoms with Gasteiger partial charge >= 0.3 is 6.09 Å². The topological polar surface area (TPSA) is 59.6 Å².